The van der Waals surface area contributed by atoms with Crippen molar-refractivity contribution in [2.45, 2.75) is 36.3 Å². The topological polar surface area (TPSA) is 18.5 Å². The Morgan fingerprint density at radius 1 is 1.14 bits per heavy atom. The summed E-state index contributed by atoms with van der Waals surface area (Å²) >= 11 is 12.5. The smallest absolute Gasteiger partial charge is 0.173 e. The summed E-state index contributed by atoms with van der Waals surface area (Å²) in [7, 11) is 0. The van der Waals surface area contributed by atoms with E-state index in [-0.39, 0.29) is 22.1 Å². The van der Waals surface area contributed by atoms with Crippen molar-refractivity contribution in [3.8, 4) is 0 Å². The zero-order chi connectivity index (χ0) is 9.97. The number of halogens is 2. The number of alkyl halides is 2. The average molecular weight is 237 g/mol. The molecule has 2 aliphatic carbocycles. The molecule has 0 aromatic rings. The molecule has 1 spiro atoms. The van der Waals surface area contributed by atoms with Crippen LogP contribution in [0.15, 0.2) is 0 Å². The largest absolute Gasteiger partial charge is 0.347 e. The van der Waals surface area contributed by atoms with Crippen LogP contribution in [0.1, 0.15) is 19.8 Å². The maximum Gasteiger partial charge on any atom is 0.173 e. The van der Waals surface area contributed by atoms with Gasteiger partial charge in [-0.25, -0.2) is 0 Å². The molecule has 0 radical (unpaired) electrons. The van der Waals surface area contributed by atoms with Crippen LogP contribution in [0.25, 0.3) is 0 Å². The molecule has 3 rings (SSSR count). The summed E-state index contributed by atoms with van der Waals surface area (Å²) in [4.78, 5) is 0. The van der Waals surface area contributed by atoms with Crippen molar-refractivity contribution < 1.29 is 9.47 Å². The highest BCUT2D eigenvalue weighted by Gasteiger charge is 2.71. The number of hydrogen-bond donors (Lipinski definition) is 0. The number of rotatable bonds is 0. The molecule has 4 heteroatoms. The van der Waals surface area contributed by atoms with Gasteiger partial charge in [0, 0.05) is 12.3 Å². The lowest BCUT2D eigenvalue weighted by Crippen LogP contribution is -2.62. The highest BCUT2D eigenvalue weighted by Crippen LogP contribution is 2.66. The molecule has 1 saturated heterocycles. The van der Waals surface area contributed by atoms with Gasteiger partial charge in [-0.1, -0.05) is 6.92 Å². The summed E-state index contributed by atoms with van der Waals surface area (Å²) in [5.41, 5.74) is 0.123. The van der Waals surface area contributed by atoms with E-state index in [0.29, 0.717) is 13.2 Å². The predicted octanol–water partition coefficient (Wildman–Crippen LogP) is 2.37. The molecule has 14 heavy (non-hydrogen) atoms. The Balaban J connectivity index is 1.93. The van der Waals surface area contributed by atoms with Crippen molar-refractivity contribution in [3.63, 3.8) is 0 Å². The van der Waals surface area contributed by atoms with Crippen LogP contribution in [0.5, 0.6) is 0 Å². The highest BCUT2D eigenvalue weighted by molar-refractivity contribution is 6.32. The normalized spacial score (nSPS) is 54.6. The molecule has 0 aromatic carbocycles. The summed E-state index contributed by atoms with van der Waals surface area (Å²) in [6.07, 6.45) is 2.01. The maximum absolute atomic E-state index is 6.27. The zero-order valence-electron chi connectivity index (χ0n) is 8.13. The standard InChI is InChI=1S/C10H14Cl2O2/c1-9-2-3-10(13-4-5-14-10)7(9)6(11)8(9)12/h6-8H,2-5H2,1H3/t6?,7-,8?,9-/m0/s1. The van der Waals surface area contributed by atoms with E-state index >= 15 is 0 Å². The van der Waals surface area contributed by atoms with E-state index in [9.17, 15) is 0 Å². The fourth-order valence-corrected chi connectivity index (χ4v) is 4.54. The molecule has 2 nitrogen and oxygen atoms in total. The molecule has 1 heterocycles. The van der Waals surface area contributed by atoms with E-state index in [1.54, 1.807) is 0 Å². The van der Waals surface area contributed by atoms with E-state index in [1.807, 2.05) is 0 Å². The molecule has 2 saturated carbocycles. The van der Waals surface area contributed by atoms with Gasteiger partial charge in [0.05, 0.1) is 24.0 Å². The Hall–Kier alpha value is 0.500. The van der Waals surface area contributed by atoms with Crippen molar-refractivity contribution in [1.29, 1.82) is 0 Å². The number of hydrogen-bond acceptors (Lipinski definition) is 2. The Bertz CT molecular complexity index is 265. The molecule has 0 N–H and O–H groups in total. The highest BCUT2D eigenvalue weighted by atomic mass is 35.5. The lowest BCUT2D eigenvalue weighted by atomic mass is 9.61. The van der Waals surface area contributed by atoms with Crippen molar-refractivity contribution in [3.05, 3.63) is 0 Å². The van der Waals surface area contributed by atoms with E-state index < -0.39 is 5.79 Å². The molecule has 0 aromatic heterocycles. The summed E-state index contributed by atoms with van der Waals surface area (Å²) in [6.45, 7) is 3.60. The van der Waals surface area contributed by atoms with Crippen LogP contribution in [-0.2, 0) is 9.47 Å². The zero-order valence-corrected chi connectivity index (χ0v) is 9.64. The van der Waals surface area contributed by atoms with Crippen LogP contribution < -0.4 is 0 Å². The fraction of sp³-hybridized carbons (Fsp3) is 1.00. The second-order valence-corrected chi connectivity index (χ2v) is 5.81. The quantitative estimate of drug-likeness (QED) is 0.602. The van der Waals surface area contributed by atoms with Crippen LogP contribution in [-0.4, -0.2) is 29.8 Å². The first kappa shape index (κ1) is 9.71. The first-order valence-corrected chi connectivity index (χ1v) is 6.03. The van der Waals surface area contributed by atoms with Crippen LogP contribution in [0.4, 0.5) is 0 Å². The Kier molecular flexibility index (Phi) is 1.93. The number of fused-ring (bicyclic) bond motifs is 2. The second-order valence-electron chi connectivity index (χ2n) is 4.84. The summed E-state index contributed by atoms with van der Waals surface area (Å²) in [5.74, 6) is -0.117. The van der Waals surface area contributed by atoms with Gasteiger partial charge in [-0.2, -0.15) is 0 Å². The molecule has 3 fully saturated rings. The molecule has 80 valence electrons. The summed E-state index contributed by atoms with van der Waals surface area (Å²) in [6, 6.07) is 0. The van der Waals surface area contributed by atoms with Gasteiger partial charge in [0.1, 0.15) is 0 Å². The van der Waals surface area contributed by atoms with E-state index in [4.69, 9.17) is 32.7 Å². The summed E-state index contributed by atoms with van der Waals surface area (Å²) in [5, 5.41) is 0.0728. The monoisotopic (exact) mass is 236 g/mol. The lowest BCUT2D eigenvalue weighted by Gasteiger charge is -2.54. The Morgan fingerprint density at radius 2 is 1.79 bits per heavy atom. The third kappa shape index (κ3) is 0.915. The van der Waals surface area contributed by atoms with E-state index in [2.05, 4.69) is 6.92 Å². The van der Waals surface area contributed by atoms with Gasteiger partial charge in [0.15, 0.2) is 5.79 Å². The Morgan fingerprint density at radius 3 is 2.43 bits per heavy atom. The SMILES string of the molecule is C[C@]12CCC3(OCCO3)[C@H]1C(Cl)C2Cl. The average Bonchev–Trinajstić information content (AvgIpc) is 2.73. The molecule has 1 aliphatic heterocycles. The Labute approximate surface area is 93.8 Å². The maximum atomic E-state index is 6.27. The van der Waals surface area contributed by atoms with Gasteiger partial charge in [0.2, 0.25) is 0 Å². The van der Waals surface area contributed by atoms with Gasteiger partial charge in [-0.05, 0) is 11.8 Å². The van der Waals surface area contributed by atoms with Crippen molar-refractivity contribution >= 4 is 23.2 Å². The van der Waals surface area contributed by atoms with Crippen LogP contribution in [0, 0.1) is 11.3 Å². The minimum Gasteiger partial charge on any atom is -0.347 e. The minimum absolute atomic E-state index is 0.00210. The predicted molar refractivity (Wildman–Crippen MR) is 54.7 cm³/mol. The van der Waals surface area contributed by atoms with Crippen LogP contribution >= 0.6 is 23.2 Å². The lowest BCUT2D eigenvalue weighted by molar-refractivity contribution is -0.210. The van der Waals surface area contributed by atoms with Crippen molar-refractivity contribution in [1.82, 2.24) is 0 Å². The van der Waals surface area contributed by atoms with Gasteiger partial charge in [-0.3, -0.25) is 0 Å². The van der Waals surface area contributed by atoms with Gasteiger partial charge in [0.25, 0.3) is 0 Å². The molecule has 4 atom stereocenters. The molecule has 0 bridgehead atoms. The van der Waals surface area contributed by atoms with Crippen molar-refractivity contribution in [2.75, 3.05) is 13.2 Å². The third-order valence-corrected chi connectivity index (χ3v) is 5.60. The van der Waals surface area contributed by atoms with Gasteiger partial charge < -0.3 is 9.47 Å². The first-order valence-electron chi connectivity index (χ1n) is 5.16. The van der Waals surface area contributed by atoms with Crippen LogP contribution in [0.2, 0.25) is 0 Å². The molecular formula is C10H14Cl2O2. The minimum atomic E-state index is -0.396. The fourth-order valence-electron chi connectivity index (χ4n) is 3.38. The molecule has 3 aliphatic rings. The molecule has 2 unspecified atom stereocenters. The van der Waals surface area contributed by atoms with Gasteiger partial charge in [-0.15, -0.1) is 23.2 Å². The van der Waals surface area contributed by atoms with E-state index in [0.717, 1.165) is 12.8 Å². The number of ether oxygens (including phenoxy) is 2. The second kappa shape index (κ2) is 2.79. The first-order chi connectivity index (χ1) is 6.60. The van der Waals surface area contributed by atoms with Crippen molar-refractivity contribution in [2.24, 2.45) is 11.3 Å². The van der Waals surface area contributed by atoms with Gasteiger partial charge >= 0.3 is 0 Å². The third-order valence-electron chi connectivity index (χ3n) is 4.20. The van der Waals surface area contributed by atoms with Crippen LogP contribution in [0.3, 0.4) is 0 Å². The van der Waals surface area contributed by atoms with E-state index in [1.165, 1.54) is 0 Å². The molecular weight excluding hydrogens is 223 g/mol. The summed E-state index contributed by atoms with van der Waals surface area (Å²) < 4.78 is 11.5. The molecule has 0 amide bonds.